The maximum Gasteiger partial charge on any atom is 0.331 e. The molecule has 1 aromatic rings. The summed E-state index contributed by atoms with van der Waals surface area (Å²) in [5.74, 6) is -0.271. The minimum atomic E-state index is -0.271. The molecule has 0 saturated heterocycles. The Balaban J connectivity index is 1.90. The molecule has 0 N–H and O–H groups in total. The number of nitrogens with zero attached hydrogens (tertiary/aromatic N) is 2. The largest absolute Gasteiger partial charge is 0.463 e. The highest BCUT2D eigenvalue weighted by Crippen LogP contribution is 2.15. The first-order chi connectivity index (χ1) is 11.7. The fourth-order valence-electron chi connectivity index (χ4n) is 2.43. The van der Waals surface area contributed by atoms with E-state index in [1.807, 2.05) is 17.8 Å². The van der Waals surface area contributed by atoms with E-state index in [0.29, 0.717) is 6.61 Å². The van der Waals surface area contributed by atoms with Crippen LogP contribution in [0.4, 0.5) is 0 Å². The van der Waals surface area contributed by atoms with E-state index in [1.165, 1.54) is 69.2 Å². The molecule has 0 aromatic carbocycles. The SMILES string of the molecule is CCCCCCCCCCCCOC(=O)C=CSc1nccn1C. The van der Waals surface area contributed by atoms with Crippen molar-refractivity contribution in [2.75, 3.05) is 6.61 Å². The highest BCUT2D eigenvalue weighted by atomic mass is 32.2. The predicted octanol–water partition coefficient (Wildman–Crippen LogP) is 5.49. The molecular weight excluding hydrogens is 320 g/mol. The van der Waals surface area contributed by atoms with Gasteiger partial charge in [-0.15, -0.1) is 0 Å². The summed E-state index contributed by atoms with van der Waals surface area (Å²) in [6, 6.07) is 0. The van der Waals surface area contributed by atoms with Crippen molar-refractivity contribution < 1.29 is 9.53 Å². The molecule has 0 saturated carbocycles. The highest BCUT2D eigenvalue weighted by Gasteiger charge is 1.99. The minimum Gasteiger partial charge on any atom is -0.463 e. The fraction of sp³-hybridized carbons (Fsp3) is 0.684. The molecule has 5 heteroatoms. The van der Waals surface area contributed by atoms with Crippen LogP contribution in [0, 0.1) is 0 Å². The van der Waals surface area contributed by atoms with Crippen molar-refractivity contribution in [3.63, 3.8) is 0 Å². The lowest BCUT2D eigenvalue weighted by Crippen LogP contribution is -2.02. The molecule has 0 aliphatic heterocycles. The standard InChI is InChI=1S/C19H32N2O2S/c1-3-4-5-6-7-8-9-10-11-12-16-23-18(22)13-17-24-19-20-14-15-21(19)2/h13-15,17H,3-12,16H2,1-2H3. The summed E-state index contributed by atoms with van der Waals surface area (Å²) in [5, 5.41) is 2.58. The maximum atomic E-state index is 11.6. The lowest BCUT2D eigenvalue weighted by molar-refractivity contribution is -0.137. The molecule has 0 spiro atoms. The van der Waals surface area contributed by atoms with Crippen molar-refractivity contribution in [1.82, 2.24) is 9.55 Å². The van der Waals surface area contributed by atoms with Crippen molar-refractivity contribution in [2.24, 2.45) is 7.05 Å². The van der Waals surface area contributed by atoms with Gasteiger partial charge in [0, 0.05) is 25.5 Å². The van der Waals surface area contributed by atoms with Crippen molar-refractivity contribution in [3.8, 4) is 0 Å². The van der Waals surface area contributed by atoms with Gasteiger partial charge in [0.25, 0.3) is 0 Å². The topological polar surface area (TPSA) is 44.1 Å². The average Bonchev–Trinajstić information content (AvgIpc) is 2.98. The van der Waals surface area contributed by atoms with Crippen molar-refractivity contribution in [2.45, 2.75) is 76.3 Å². The molecule has 136 valence electrons. The van der Waals surface area contributed by atoms with E-state index in [9.17, 15) is 4.79 Å². The third-order valence-corrected chi connectivity index (χ3v) is 4.77. The summed E-state index contributed by atoms with van der Waals surface area (Å²) in [5.41, 5.74) is 0. The number of hydrogen-bond acceptors (Lipinski definition) is 4. The van der Waals surface area contributed by atoms with Crippen LogP contribution < -0.4 is 0 Å². The summed E-state index contributed by atoms with van der Waals surface area (Å²) in [6.45, 7) is 2.77. The van der Waals surface area contributed by atoms with E-state index in [4.69, 9.17) is 4.74 Å². The van der Waals surface area contributed by atoms with E-state index < -0.39 is 0 Å². The third kappa shape index (κ3) is 10.5. The average molecular weight is 353 g/mol. The van der Waals surface area contributed by atoms with Crippen LogP contribution in [0.3, 0.4) is 0 Å². The van der Waals surface area contributed by atoms with Gasteiger partial charge in [0.2, 0.25) is 0 Å². The van der Waals surface area contributed by atoms with Gasteiger partial charge < -0.3 is 9.30 Å². The zero-order valence-corrected chi connectivity index (χ0v) is 16.0. The molecule has 0 fully saturated rings. The molecule has 1 heterocycles. The second-order valence-corrected chi connectivity index (χ2v) is 6.96. The number of hydrogen-bond donors (Lipinski definition) is 0. The van der Waals surface area contributed by atoms with Gasteiger partial charge in [-0.2, -0.15) is 0 Å². The summed E-state index contributed by atoms with van der Waals surface area (Å²) in [6.07, 6.45) is 17.9. The van der Waals surface area contributed by atoms with Crippen LogP contribution in [0.1, 0.15) is 71.1 Å². The number of carbonyl (C=O) groups excluding carboxylic acids is 1. The molecule has 0 atom stereocenters. The van der Waals surface area contributed by atoms with Gasteiger partial charge >= 0.3 is 5.97 Å². The molecule has 0 amide bonds. The Kier molecular flexibility index (Phi) is 12.3. The summed E-state index contributed by atoms with van der Waals surface area (Å²) in [4.78, 5) is 15.7. The second kappa shape index (κ2) is 14.1. The molecule has 4 nitrogen and oxygen atoms in total. The zero-order chi connectivity index (χ0) is 17.5. The lowest BCUT2D eigenvalue weighted by atomic mass is 10.1. The van der Waals surface area contributed by atoms with Gasteiger partial charge in [-0.25, -0.2) is 9.78 Å². The van der Waals surface area contributed by atoms with E-state index in [1.54, 1.807) is 11.6 Å². The van der Waals surface area contributed by atoms with Gasteiger partial charge in [-0.3, -0.25) is 0 Å². The number of esters is 1. The molecule has 0 aliphatic carbocycles. The Labute approximate surface area is 151 Å². The van der Waals surface area contributed by atoms with Gasteiger partial charge in [0.1, 0.15) is 0 Å². The predicted molar refractivity (Wildman–Crippen MR) is 101 cm³/mol. The Bertz CT molecular complexity index is 472. The molecule has 1 rings (SSSR count). The van der Waals surface area contributed by atoms with E-state index in [2.05, 4.69) is 11.9 Å². The quantitative estimate of drug-likeness (QED) is 0.192. The van der Waals surface area contributed by atoms with Gasteiger partial charge in [0.05, 0.1) is 6.61 Å². The van der Waals surface area contributed by atoms with Gasteiger partial charge in [-0.05, 0) is 11.8 Å². The number of unbranched alkanes of at least 4 members (excludes halogenated alkanes) is 9. The summed E-state index contributed by atoms with van der Waals surface area (Å²) < 4.78 is 7.10. The minimum absolute atomic E-state index is 0.271. The number of rotatable bonds is 14. The third-order valence-electron chi connectivity index (χ3n) is 3.90. The van der Waals surface area contributed by atoms with Crippen LogP contribution in [-0.4, -0.2) is 22.1 Å². The van der Waals surface area contributed by atoms with Crippen LogP contribution in [-0.2, 0) is 16.6 Å². The molecule has 0 radical (unpaired) electrons. The number of imidazole rings is 1. The first-order valence-electron chi connectivity index (χ1n) is 9.21. The maximum absolute atomic E-state index is 11.6. The Morgan fingerprint density at radius 1 is 1.12 bits per heavy atom. The van der Waals surface area contributed by atoms with E-state index in [-0.39, 0.29) is 5.97 Å². The molecule has 0 bridgehead atoms. The van der Waals surface area contributed by atoms with Crippen molar-refractivity contribution in [3.05, 3.63) is 23.9 Å². The van der Waals surface area contributed by atoms with E-state index in [0.717, 1.165) is 18.0 Å². The normalized spacial score (nSPS) is 11.2. The number of aromatic nitrogens is 2. The van der Waals surface area contributed by atoms with Crippen LogP contribution in [0.2, 0.25) is 0 Å². The Morgan fingerprint density at radius 3 is 2.33 bits per heavy atom. The lowest BCUT2D eigenvalue weighted by Gasteiger charge is -2.03. The molecule has 1 aromatic heterocycles. The molecule has 0 unspecified atom stereocenters. The number of ether oxygens (including phenoxy) is 1. The Morgan fingerprint density at radius 2 is 1.75 bits per heavy atom. The summed E-state index contributed by atoms with van der Waals surface area (Å²) in [7, 11) is 1.92. The monoisotopic (exact) mass is 352 g/mol. The van der Waals surface area contributed by atoms with Gasteiger partial charge in [-0.1, -0.05) is 76.5 Å². The first-order valence-corrected chi connectivity index (χ1v) is 10.1. The number of carbonyl (C=O) groups is 1. The van der Waals surface area contributed by atoms with Crippen molar-refractivity contribution >= 4 is 17.7 Å². The summed E-state index contributed by atoms with van der Waals surface area (Å²) >= 11 is 1.41. The van der Waals surface area contributed by atoms with Crippen molar-refractivity contribution in [1.29, 1.82) is 0 Å². The smallest absolute Gasteiger partial charge is 0.331 e. The highest BCUT2D eigenvalue weighted by molar-refractivity contribution is 8.02. The Hall–Kier alpha value is -1.23. The van der Waals surface area contributed by atoms with Crippen LogP contribution >= 0.6 is 11.8 Å². The van der Waals surface area contributed by atoms with Crippen LogP contribution in [0.5, 0.6) is 0 Å². The zero-order valence-electron chi connectivity index (χ0n) is 15.2. The first kappa shape index (κ1) is 20.8. The number of thioether (sulfide) groups is 1. The van der Waals surface area contributed by atoms with Gasteiger partial charge in [0.15, 0.2) is 5.16 Å². The van der Waals surface area contributed by atoms with Crippen LogP contribution in [0.25, 0.3) is 0 Å². The molecule has 24 heavy (non-hydrogen) atoms. The second-order valence-electron chi connectivity index (χ2n) is 6.09. The number of aryl methyl sites for hydroxylation is 1. The van der Waals surface area contributed by atoms with E-state index >= 15 is 0 Å². The molecular formula is C19H32N2O2S. The molecule has 0 aliphatic rings. The fourth-order valence-corrected chi connectivity index (χ4v) is 3.08. The van der Waals surface area contributed by atoms with Crippen LogP contribution in [0.15, 0.2) is 29.0 Å².